The Morgan fingerprint density at radius 3 is 2.12 bits per heavy atom. The van der Waals surface area contributed by atoms with E-state index in [0.717, 1.165) is 22.4 Å². The van der Waals surface area contributed by atoms with E-state index in [9.17, 15) is 14.9 Å². The van der Waals surface area contributed by atoms with Gasteiger partial charge in [-0.2, -0.15) is 5.26 Å². The Kier molecular flexibility index (Phi) is 7.34. The van der Waals surface area contributed by atoms with Crippen molar-refractivity contribution >= 4 is 17.5 Å². The van der Waals surface area contributed by atoms with E-state index in [0.29, 0.717) is 0 Å². The van der Waals surface area contributed by atoms with Crippen LogP contribution in [0.25, 0.3) is 0 Å². The van der Waals surface area contributed by atoms with Crippen molar-refractivity contribution in [1.29, 1.82) is 5.26 Å². The second-order valence-electron chi connectivity index (χ2n) is 7.51. The van der Waals surface area contributed by atoms with Crippen LogP contribution < -0.4 is 10.6 Å². The van der Waals surface area contributed by atoms with Gasteiger partial charge >= 0.3 is 0 Å². The van der Waals surface area contributed by atoms with Crippen LogP contribution in [-0.4, -0.2) is 42.4 Å². The fourth-order valence-corrected chi connectivity index (χ4v) is 2.73. The third kappa shape index (κ3) is 5.85. The summed E-state index contributed by atoms with van der Waals surface area (Å²) in [6.45, 7) is 11.5. The summed E-state index contributed by atoms with van der Waals surface area (Å²) in [7, 11) is 1.70. The number of carbonyl (C=O) groups excluding carboxylic acids is 2. The zero-order valence-electron chi connectivity index (χ0n) is 16.9. The van der Waals surface area contributed by atoms with E-state index in [4.69, 9.17) is 0 Å². The Bertz CT molecular complexity index is 698. The van der Waals surface area contributed by atoms with Crippen molar-refractivity contribution in [2.24, 2.45) is 5.92 Å². The Balaban J connectivity index is 2.63. The first-order valence-electron chi connectivity index (χ1n) is 8.77. The molecule has 0 aliphatic carbocycles. The predicted molar refractivity (Wildman–Crippen MR) is 104 cm³/mol. The highest BCUT2D eigenvalue weighted by molar-refractivity contribution is 5.94. The molecule has 1 atom stereocenters. The van der Waals surface area contributed by atoms with Gasteiger partial charge in [0.1, 0.15) is 5.54 Å². The molecule has 0 spiro atoms. The minimum absolute atomic E-state index is 0.0162. The van der Waals surface area contributed by atoms with Crippen LogP contribution in [0.3, 0.4) is 0 Å². The number of likely N-dealkylation sites (N-methyl/N-ethyl adjacent to an activating group) is 1. The first-order valence-corrected chi connectivity index (χ1v) is 8.77. The number of benzene rings is 1. The molecule has 6 heteroatoms. The Labute approximate surface area is 156 Å². The van der Waals surface area contributed by atoms with Crippen LogP contribution in [0.4, 0.5) is 5.69 Å². The Morgan fingerprint density at radius 2 is 1.65 bits per heavy atom. The summed E-state index contributed by atoms with van der Waals surface area (Å²) < 4.78 is 0. The fraction of sp³-hybridized carbons (Fsp3) is 0.550. The smallest absolute Gasteiger partial charge is 0.238 e. The van der Waals surface area contributed by atoms with Crippen LogP contribution in [0, 0.1) is 38.0 Å². The molecule has 0 radical (unpaired) electrons. The zero-order valence-corrected chi connectivity index (χ0v) is 16.9. The van der Waals surface area contributed by atoms with E-state index in [1.165, 1.54) is 0 Å². The quantitative estimate of drug-likeness (QED) is 0.784. The maximum absolute atomic E-state index is 12.3. The van der Waals surface area contributed by atoms with E-state index in [1.807, 2.05) is 46.8 Å². The van der Waals surface area contributed by atoms with Gasteiger partial charge in [0.15, 0.2) is 0 Å². The highest BCUT2D eigenvalue weighted by Crippen LogP contribution is 2.21. The van der Waals surface area contributed by atoms with E-state index in [2.05, 4.69) is 16.7 Å². The van der Waals surface area contributed by atoms with E-state index in [-0.39, 0.29) is 30.8 Å². The van der Waals surface area contributed by atoms with Crippen LogP contribution in [0.5, 0.6) is 0 Å². The molecule has 2 amide bonds. The molecule has 26 heavy (non-hydrogen) atoms. The van der Waals surface area contributed by atoms with Crippen molar-refractivity contribution in [3.8, 4) is 6.07 Å². The van der Waals surface area contributed by atoms with E-state index in [1.54, 1.807) is 18.9 Å². The van der Waals surface area contributed by atoms with Gasteiger partial charge in [-0.15, -0.1) is 0 Å². The lowest BCUT2D eigenvalue weighted by atomic mass is 9.90. The summed E-state index contributed by atoms with van der Waals surface area (Å²) >= 11 is 0. The Morgan fingerprint density at radius 1 is 1.15 bits per heavy atom. The molecule has 0 fully saturated rings. The first-order chi connectivity index (χ1) is 12.0. The number of amides is 2. The summed E-state index contributed by atoms with van der Waals surface area (Å²) in [6.07, 6.45) is 0. The zero-order chi connectivity index (χ0) is 20.1. The van der Waals surface area contributed by atoms with Crippen LogP contribution in [0.15, 0.2) is 12.1 Å². The molecule has 0 aliphatic rings. The maximum atomic E-state index is 12.3. The number of rotatable bonds is 7. The van der Waals surface area contributed by atoms with Crippen LogP contribution in [0.2, 0.25) is 0 Å². The summed E-state index contributed by atoms with van der Waals surface area (Å²) in [6, 6.07) is 6.19. The van der Waals surface area contributed by atoms with Gasteiger partial charge in [-0.1, -0.05) is 31.5 Å². The predicted octanol–water partition coefficient (Wildman–Crippen LogP) is 2.54. The normalized spacial score (nSPS) is 13.2. The van der Waals surface area contributed by atoms with Gasteiger partial charge in [-0.05, 0) is 51.8 Å². The van der Waals surface area contributed by atoms with Crippen LogP contribution >= 0.6 is 0 Å². The third-order valence-corrected chi connectivity index (χ3v) is 4.55. The lowest BCUT2D eigenvalue weighted by Gasteiger charge is -2.28. The molecule has 0 aliphatic heterocycles. The maximum Gasteiger partial charge on any atom is 0.238 e. The van der Waals surface area contributed by atoms with Gasteiger partial charge in [0.05, 0.1) is 19.2 Å². The van der Waals surface area contributed by atoms with Gasteiger partial charge in [0.2, 0.25) is 11.8 Å². The second-order valence-corrected chi connectivity index (χ2v) is 7.51. The van der Waals surface area contributed by atoms with Crippen molar-refractivity contribution in [2.75, 3.05) is 25.5 Å². The molecule has 1 aromatic rings. The number of nitrogens with zero attached hydrogens (tertiary/aromatic N) is 2. The molecule has 0 heterocycles. The van der Waals surface area contributed by atoms with Crippen molar-refractivity contribution in [3.05, 3.63) is 28.8 Å². The lowest BCUT2D eigenvalue weighted by Crippen LogP contribution is -2.51. The molecule has 6 nitrogen and oxygen atoms in total. The van der Waals surface area contributed by atoms with Gasteiger partial charge in [-0.3, -0.25) is 14.5 Å². The average Bonchev–Trinajstić information content (AvgIpc) is 2.49. The molecular formula is C20H30N4O2. The average molecular weight is 358 g/mol. The van der Waals surface area contributed by atoms with E-state index >= 15 is 0 Å². The molecular weight excluding hydrogens is 328 g/mol. The number of hydrogen-bond acceptors (Lipinski definition) is 4. The molecule has 142 valence electrons. The lowest BCUT2D eigenvalue weighted by molar-refractivity contribution is -0.124. The van der Waals surface area contributed by atoms with Gasteiger partial charge in [-0.25, -0.2) is 0 Å². The molecule has 1 rings (SSSR count). The molecule has 0 saturated heterocycles. The minimum atomic E-state index is -0.920. The Hall–Kier alpha value is -2.39. The van der Waals surface area contributed by atoms with Gasteiger partial charge in [0.25, 0.3) is 0 Å². The van der Waals surface area contributed by atoms with Crippen molar-refractivity contribution in [1.82, 2.24) is 10.2 Å². The molecule has 0 saturated carbocycles. The highest BCUT2D eigenvalue weighted by Gasteiger charge is 2.30. The summed E-state index contributed by atoms with van der Waals surface area (Å²) in [5, 5.41) is 14.9. The number of aryl methyl sites for hydroxylation is 3. The highest BCUT2D eigenvalue weighted by atomic mass is 16.2. The molecule has 0 aromatic heterocycles. The van der Waals surface area contributed by atoms with Crippen molar-refractivity contribution in [2.45, 2.75) is 47.1 Å². The van der Waals surface area contributed by atoms with Crippen molar-refractivity contribution < 1.29 is 9.59 Å². The van der Waals surface area contributed by atoms with Crippen LogP contribution in [0.1, 0.15) is 37.5 Å². The second kappa shape index (κ2) is 8.81. The van der Waals surface area contributed by atoms with Gasteiger partial charge in [0, 0.05) is 5.69 Å². The largest absolute Gasteiger partial charge is 0.337 e. The van der Waals surface area contributed by atoms with Crippen molar-refractivity contribution in [3.63, 3.8) is 0 Å². The molecule has 2 N–H and O–H groups in total. The topological polar surface area (TPSA) is 85.2 Å². The standard InChI is InChI=1S/C20H30N4O2/c1-13(2)20(6,12-21)23-18(26)11-24(7)10-17(25)22-19-15(4)8-14(3)9-16(19)5/h8-9,13H,10-11H2,1-7H3,(H,22,25)(H,23,26)/t20-/m0/s1. The fourth-order valence-electron chi connectivity index (χ4n) is 2.73. The van der Waals surface area contributed by atoms with Crippen LogP contribution in [-0.2, 0) is 9.59 Å². The number of nitriles is 1. The SMILES string of the molecule is Cc1cc(C)c(NC(=O)CN(C)CC(=O)N[C@@](C)(C#N)C(C)C)c(C)c1. The first kappa shape index (κ1) is 21.7. The molecule has 1 aromatic carbocycles. The van der Waals surface area contributed by atoms with E-state index < -0.39 is 5.54 Å². The minimum Gasteiger partial charge on any atom is -0.337 e. The number of carbonyl (C=O) groups is 2. The monoisotopic (exact) mass is 358 g/mol. The summed E-state index contributed by atoms with van der Waals surface area (Å²) in [5.74, 6) is -0.472. The summed E-state index contributed by atoms with van der Waals surface area (Å²) in [5.41, 5.74) is 3.07. The number of anilines is 1. The summed E-state index contributed by atoms with van der Waals surface area (Å²) in [4.78, 5) is 26.1. The molecule has 0 unspecified atom stereocenters. The molecule has 0 bridgehead atoms. The number of hydrogen-bond donors (Lipinski definition) is 2. The van der Waals surface area contributed by atoms with Gasteiger partial charge < -0.3 is 10.6 Å². The third-order valence-electron chi connectivity index (χ3n) is 4.55. The number of nitrogens with one attached hydrogen (secondary N) is 2.